The smallest absolute Gasteiger partial charge is 0.142 e. The molecule has 0 radical (unpaired) electrons. The van der Waals surface area contributed by atoms with Crippen molar-refractivity contribution in [3.8, 4) is 0 Å². The molecule has 1 rings (SSSR count). The molecule has 0 saturated carbocycles. The summed E-state index contributed by atoms with van der Waals surface area (Å²) in [4.78, 5) is 0. The van der Waals surface area contributed by atoms with E-state index >= 15 is 0 Å². The van der Waals surface area contributed by atoms with Gasteiger partial charge in [0.2, 0.25) is 0 Å². The molecule has 0 aromatic carbocycles. The fourth-order valence-corrected chi connectivity index (χ4v) is 2.29. The maximum Gasteiger partial charge on any atom is 0.142 e. The quantitative estimate of drug-likeness (QED) is 0.566. The predicted octanol–water partition coefficient (Wildman–Crippen LogP) is -0.184. The van der Waals surface area contributed by atoms with Crippen LogP contribution in [0, 0.1) is 0 Å². The summed E-state index contributed by atoms with van der Waals surface area (Å²) in [5.74, 6) is 0. The van der Waals surface area contributed by atoms with Gasteiger partial charge >= 0.3 is 0 Å². The van der Waals surface area contributed by atoms with Crippen molar-refractivity contribution in [1.29, 1.82) is 0 Å². The molecule has 6 heteroatoms. The van der Waals surface area contributed by atoms with Crippen LogP contribution in [0.25, 0.3) is 0 Å². The fraction of sp³-hybridized carbons (Fsp3) is 1.00. The van der Waals surface area contributed by atoms with Crippen molar-refractivity contribution in [2.75, 3.05) is 34.5 Å². The summed E-state index contributed by atoms with van der Waals surface area (Å²) < 4.78 is 27.6. The van der Waals surface area contributed by atoms with Crippen LogP contribution in [0.15, 0.2) is 0 Å². The van der Waals surface area contributed by atoms with Crippen LogP contribution in [0.2, 0.25) is 0 Å². The van der Waals surface area contributed by atoms with Crippen LogP contribution in [0.3, 0.4) is 0 Å². The summed E-state index contributed by atoms with van der Waals surface area (Å²) in [5, 5.41) is 0. The van der Waals surface area contributed by atoms with Crippen LogP contribution in [-0.4, -0.2) is 72.8 Å². The summed E-state index contributed by atoms with van der Waals surface area (Å²) in [6.07, 6.45) is 0.824. The van der Waals surface area contributed by atoms with Crippen molar-refractivity contribution >= 4 is 7.85 Å². The zero-order valence-electron chi connectivity index (χ0n) is 12.0. The van der Waals surface area contributed by atoms with Crippen LogP contribution in [0.5, 0.6) is 0 Å². The molecule has 1 fully saturated rings. The van der Waals surface area contributed by atoms with Gasteiger partial charge in [0.1, 0.15) is 26.2 Å². The number of hydrogen-bond acceptors (Lipinski definition) is 5. The molecule has 18 heavy (non-hydrogen) atoms. The Labute approximate surface area is 110 Å². The summed E-state index contributed by atoms with van der Waals surface area (Å²) in [7, 11) is 7.04. The van der Waals surface area contributed by atoms with Gasteiger partial charge in [-0.2, -0.15) is 0 Å². The average Bonchev–Trinajstić information content (AvgIpc) is 2.67. The topological polar surface area (TPSA) is 46.2 Å². The van der Waals surface area contributed by atoms with Crippen molar-refractivity contribution < 1.29 is 23.7 Å². The van der Waals surface area contributed by atoms with Crippen molar-refractivity contribution in [2.24, 2.45) is 0 Å². The number of ether oxygens (including phenoxy) is 5. The zero-order chi connectivity index (χ0) is 13.5. The van der Waals surface area contributed by atoms with Gasteiger partial charge < -0.3 is 23.7 Å². The van der Waals surface area contributed by atoms with E-state index in [1.165, 1.54) is 0 Å². The molecule has 1 saturated heterocycles. The second-order valence-corrected chi connectivity index (χ2v) is 4.60. The van der Waals surface area contributed by atoms with Gasteiger partial charge in [-0.1, -0.05) is 6.92 Å². The van der Waals surface area contributed by atoms with E-state index in [0.717, 1.165) is 6.42 Å². The lowest BCUT2D eigenvalue weighted by Gasteiger charge is -2.24. The zero-order valence-corrected chi connectivity index (χ0v) is 12.0. The van der Waals surface area contributed by atoms with E-state index in [0.29, 0.717) is 13.2 Å². The third-order valence-corrected chi connectivity index (χ3v) is 3.41. The molecular formula is C12H25BO5. The maximum atomic E-state index is 5.91. The van der Waals surface area contributed by atoms with Gasteiger partial charge in [0.05, 0.1) is 25.3 Å². The molecule has 0 aliphatic carbocycles. The summed E-state index contributed by atoms with van der Waals surface area (Å²) in [6, 6.07) is 0.00413. The van der Waals surface area contributed by atoms with Gasteiger partial charge in [-0.3, -0.25) is 0 Å². The van der Waals surface area contributed by atoms with Crippen LogP contribution in [-0.2, 0) is 23.7 Å². The molecule has 0 bridgehead atoms. The summed E-state index contributed by atoms with van der Waals surface area (Å²) in [5.41, 5.74) is 0. The lowest BCUT2D eigenvalue weighted by Crippen LogP contribution is -2.40. The highest BCUT2D eigenvalue weighted by atomic mass is 16.6. The second-order valence-electron chi connectivity index (χ2n) is 4.60. The fourth-order valence-electron chi connectivity index (χ4n) is 2.29. The van der Waals surface area contributed by atoms with Crippen molar-refractivity contribution in [3.63, 3.8) is 0 Å². The molecule has 1 heterocycles. The minimum Gasteiger partial charge on any atom is -0.382 e. The molecule has 5 atom stereocenters. The molecule has 0 aromatic rings. The largest absolute Gasteiger partial charge is 0.382 e. The Kier molecular flexibility index (Phi) is 7.18. The first-order valence-corrected chi connectivity index (χ1v) is 6.49. The Morgan fingerprint density at radius 2 is 1.94 bits per heavy atom. The van der Waals surface area contributed by atoms with Gasteiger partial charge in [0, 0.05) is 21.3 Å². The highest BCUT2D eigenvalue weighted by Gasteiger charge is 2.43. The van der Waals surface area contributed by atoms with E-state index in [1.807, 2.05) is 7.85 Å². The molecule has 0 N–H and O–H groups in total. The van der Waals surface area contributed by atoms with Crippen LogP contribution >= 0.6 is 0 Å². The minimum atomic E-state index is -0.0886. The molecule has 5 nitrogen and oxygen atoms in total. The van der Waals surface area contributed by atoms with Crippen LogP contribution < -0.4 is 0 Å². The molecule has 1 aliphatic heterocycles. The monoisotopic (exact) mass is 260 g/mol. The molecular weight excluding hydrogens is 235 g/mol. The van der Waals surface area contributed by atoms with Gasteiger partial charge in [-0.05, 0) is 6.42 Å². The Morgan fingerprint density at radius 1 is 1.22 bits per heavy atom. The van der Waals surface area contributed by atoms with Crippen molar-refractivity contribution in [3.05, 3.63) is 0 Å². The Hall–Kier alpha value is -0.135. The Balaban J connectivity index is 2.51. The van der Waals surface area contributed by atoms with Gasteiger partial charge in [-0.25, -0.2) is 0 Å². The predicted molar refractivity (Wildman–Crippen MR) is 70.7 cm³/mol. The molecule has 0 spiro atoms. The molecule has 106 valence electrons. The van der Waals surface area contributed by atoms with Crippen molar-refractivity contribution in [1.82, 2.24) is 0 Å². The Morgan fingerprint density at radius 3 is 2.44 bits per heavy atom. The van der Waals surface area contributed by atoms with Gasteiger partial charge in [0.25, 0.3) is 0 Å². The first kappa shape index (κ1) is 15.9. The average molecular weight is 260 g/mol. The maximum absolute atomic E-state index is 5.91. The highest BCUT2D eigenvalue weighted by Crippen LogP contribution is 2.25. The van der Waals surface area contributed by atoms with E-state index in [-0.39, 0.29) is 30.4 Å². The van der Waals surface area contributed by atoms with E-state index in [9.17, 15) is 0 Å². The molecule has 1 aliphatic rings. The van der Waals surface area contributed by atoms with Gasteiger partial charge in [0.15, 0.2) is 0 Å². The van der Waals surface area contributed by atoms with E-state index < -0.39 is 0 Å². The molecule has 1 unspecified atom stereocenters. The van der Waals surface area contributed by atoms with Gasteiger partial charge in [-0.15, -0.1) is 0 Å². The lowest BCUT2D eigenvalue weighted by atomic mass is 9.92. The minimum absolute atomic E-state index is 0.00413. The molecule has 0 amide bonds. The second kappa shape index (κ2) is 8.12. The Bertz CT molecular complexity index is 225. The standard InChI is InChI=1S/C12H25BO5/c1-5-8(15-3)6-17-11-10(16-4)9(7-14-2)18-12(11)13/h8-12H,5-7,13H2,1-4H3/t8-,9-,10?,11+,12-/m1/s1. The number of methoxy groups -OCH3 is 3. The van der Waals surface area contributed by atoms with Crippen LogP contribution in [0.4, 0.5) is 0 Å². The van der Waals surface area contributed by atoms with Crippen LogP contribution in [0.1, 0.15) is 13.3 Å². The van der Waals surface area contributed by atoms with E-state index in [4.69, 9.17) is 23.7 Å². The number of rotatable bonds is 8. The lowest BCUT2D eigenvalue weighted by molar-refractivity contribution is -0.0793. The van der Waals surface area contributed by atoms with Crippen molar-refractivity contribution in [2.45, 2.75) is 43.8 Å². The normalized spacial score (nSPS) is 33.8. The first-order valence-electron chi connectivity index (χ1n) is 6.49. The third-order valence-electron chi connectivity index (χ3n) is 3.41. The molecule has 0 aromatic heterocycles. The first-order chi connectivity index (χ1) is 8.67. The summed E-state index contributed by atoms with van der Waals surface area (Å²) >= 11 is 0. The highest BCUT2D eigenvalue weighted by molar-refractivity contribution is 6.11. The van der Waals surface area contributed by atoms with E-state index in [2.05, 4.69) is 6.92 Å². The summed E-state index contributed by atoms with van der Waals surface area (Å²) in [6.45, 7) is 3.16. The SMILES string of the molecule is B[C@@H]1O[C@H](COC)C(OC)[C@@H]1OC[C@@H](CC)OC. The number of hydrogen-bond donors (Lipinski definition) is 0. The van der Waals surface area contributed by atoms with E-state index in [1.54, 1.807) is 21.3 Å². The third kappa shape index (κ3) is 3.93.